The van der Waals surface area contributed by atoms with E-state index in [-0.39, 0.29) is 17.9 Å². The van der Waals surface area contributed by atoms with Crippen LogP contribution in [0.15, 0.2) is 84.5 Å². The van der Waals surface area contributed by atoms with E-state index in [4.69, 9.17) is 18.9 Å². The number of nitro benzene ring substituents is 1. The number of carbonyl (C=O) groups excluding carboxylic acids is 1. The predicted molar refractivity (Wildman–Crippen MR) is 161 cm³/mol. The molecule has 0 aliphatic carbocycles. The highest BCUT2D eigenvalue weighted by molar-refractivity contribution is 9.10. The number of hydrogen-bond donors (Lipinski definition) is 0. The molecule has 10 nitrogen and oxygen atoms in total. The number of aromatic nitrogens is 1. The number of fused-ring (bicyclic) bond motifs is 1. The Morgan fingerprint density at radius 3 is 2.69 bits per heavy atom. The number of benzene rings is 2. The SMILES string of the molecule is CCCC1=C(C(=O)OCC)C(c2ccc(OC)c(Br)c2)n2c(s/c(=C\c3ccc(-c4ccccc4[N+](=O)[O-])o3)c2=O)=N1. The standard InChI is InChI=1S/C30H26BrN3O7S/c1-4-8-21-26(29(36)40-5-2)27(17-11-13-24(39-3)20(31)15-17)33-28(35)25(42-30(33)32-21)16-18-12-14-23(41-18)19-9-6-7-10-22(19)34(37)38/h6-7,9-16,27H,4-5,8H2,1-3H3/b25-16-. The molecular weight excluding hydrogens is 626 g/mol. The molecule has 1 unspecified atom stereocenters. The molecule has 3 heterocycles. The molecule has 0 bridgehead atoms. The van der Waals surface area contributed by atoms with Gasteiger partial charge in [0.2, 0.25) is 0 Å². The Morgan fingerprint density at radius 2 is 2.00 bits per heavy atom. The van der Waals surface area contributed by atoms with Gasteiger partial charge < -0.3 is 13.9 Å². The number of furan rings is 1. The number of nitro groups is 1. The molecule has 0 spiro atoms. The van der Waals surface area contributed by atoms with Crippen molar-refractivity contribution >= 4 is 45.0 Å². The van der Waals surface area contributed by atoms with Crippen molar-refractivity contribution in [3.05, 3.63) is 111 Å². The molecular formula is C30H26BrN3O7S. The van der Waals surface area contributed by atoms with Crippen molar-refractivity contribution in [3.63, 3.8) is 0 Å². The van der Waals surface area contributed by atoms with Gasteiger partial charge in [-0.15, -0.1) is 0 Å². The fourth-order valence-corrected chi connectivity index (χ4v) is 6.39. The molecule has 0 saturated heterocycles. The van der Waals surface area contributed by atoms with Gasteiger partial charge in [0.25, 0.3) is 11.2 Å². The third-order valence-electron chi connectivity index (χ3n) is 6.65. The zero-order valence-corrected chi connectivity index (χ0v) is 25.4. The van der Waals surface area contributed by atoms with Crippen LogP contribution in [0.3, 0.4) is 0 Å². The summed E-state index contributed by atoms with van der Waals surface area (Å²) in [6.07, 6.45) is 2.83. The lowest BCUT2D eigenvalue weighted by atomic mass is 9.94. The van der Waals surface area contributed by atoms with Crippen LogP contribution in [0.5, 0.6) is 5.75 Å². The van der Waals surface area contributed by atoms with Gasteiger partial charge in [-0.25, -0.2) is 9.79 Å². The number of thiazole rings is 1. The molecule has 12 heteroatoms. The van der Waals surface area contributed by atoms with Crippen LogP contribution in [-0.2, 0) is 9.53 Å². The first-order valence-corrected chi connectivity index (χ1v) is 14.8. The minimum absolute atomic E-state index is 0.0848. The average Bonchev–Trinajstić information content (AvgIpc) is 3.56. The van der Waals surface area contributed by atoms with Crippen LogP contribution in [0.1, 0.15) is 44.1 Å². The van der Waals surface area contributed by atoms with Gasteiger partial charge in [-0.3, -0.25) is 19.5 Å². The Balaban J connectivity index is 1.68. The van der Waals surface area contributed by atoms with Crippen LogP contribution in [0.2, 0.25) is 0 Å². The fraction of sp³-hybridized carbons (Fsp3) is 0.233. The Bertz CT molecular complexity index is 1900. The molecule has 0 fully saturated rings. The second kappa shape index (κ2) is 12.3. The van der Waals surface area contributed by atoms with Crippen molar-refractivity contribution in [3.8, 4) is 17.1 Å². The summed E-state index contributed by atoms with van der Waals surface area (Å²) in [5.74, 6) is 0.720. The maximum absolute atomic E-state index is 14.0. The zero-order valence-electron chi connectivity index (χ0n) is 23.0. The minimum Gasteiger partial charge on any atom is -0.496 e. The van der Waals surface area contributed by atoms with E-state index in [1.165, 1.54) is 22.0 Å². The monoisotopic (exact) mass is 651 g/mol. The lowest BCUT2D eigenvalue weighted by Crippen LogP contribution is -2.40. The van der Waals surface area contributed by atoms with E-state index in [1.807, 2.05) is 19.1 Å². The van der Waals surface area contributed by atoms with Crippen molar-refractivity contribution in [2.45, 2.75) is 32.7 Å². The van der Waals surface area contributed by atoms with E-state index >= 15 is 0 Å². The highest BCUT2D eigenvalue weighted by Gasteiger charge is 2.34. The number of rotatable bonds is 9. The zero-order chi connectivity index (χ0) is 30.0. The number of ether oxygens (including phenoxy) is 2. The van der Waals surface area contributed by atoms with Crippen LogP contribution >= 0.6 is 27.3 Å². The second-order valence-corrected chi connectivity index (χ2v) is 11.1. The van der Waals surface area contributed by atoms with Gasteiger partial charge in [-0.2, -0.15) is 0 Å². The largest absolute Gasteiger partial charge is 0.496 e. The highest BCUT2D eigenvalue weighted by Crippen LogP contribution is 2.36. The number of methoxy groups -OCH3 is 1. The predicted octanol–water partition coefficient (Wildman–Crippen LogP) is 5.52. The number of esters is 1. The third kappa shape index (κ3) is 5.47. The quantitative estimate of drug-likeness (QED) is 0.133. The highest BCUT2D eigenvalue weighted by atomic mass is 79.9. The van der Waals surface area contributed by atoms with Crippen LogP contribution in [0, 0.1) is 10.1 Å². The Hall–Kier alpha value is -4.29. The molecule has 0 saturated carbocycles. The Labute approximate surface area is 252 Å². The molecule has 4 aromatic rings. The van der Waals surface area contributed by atoms with Crippen LogP contribution in [0.25, 0.3) is 17.4 Å². The normalized spacial score (nSPS) is 14.9. The maximum atomic E-state index is 14.0. The second-order valence-electron chi connectivity index (χ2n) is 9.28. The van der Waals surface area contributed by atoms with Gasteiger partial charge in [-0.1, -0.05) is 42.9 Å². The molecule has 0 amide bonds. The summed E-state index contributed by atoms with van der Waals surface area (Å²) in [7, 11) is 1.56. The first-order chi connectivity index (χ1) is 20.3. The van der Waals surface area contributed by atoms with Crippen LogP contribution in [0.4, 0.5) is 5.69 Å². The molecule has 5 rings (SSSR count). The Kier molecular flexibility index (Phi) is 8.55. The summed E-state index contributed by atoms with van der Waals surface area (Å²) in [5, 5.41) is 11.5. The van der Waals surface area contributed by atoms with Gasteiger partial charge in [0.05, 0.1) is 50.5 Å². The summed E-state index contributed by atoms with van der Waals surface area (Å²) < 4.78 is 19.2. The van der Waals surface area contributed by atoms with E-state index < -0.39 is 16.9 Å². The lowest BCUT2D eigenvalue weighted by molar-refractivity contribution is -0.384. The minimum atomic E-state index is -0.787. The number of halogens is 1. The number of para-hydroxylation sites is 1. The molecule has 42 heavy (non-hydrogen) atoms. The number of nitrogens with zero attached hydrogens (tertiary/aromatic N) is 3. The van der Waals surface area contributed by atoms with Crippen molar-refractivity contribution < 1.29 is 23.6 Å². The number of hydrogen-bond acceptors (Lipinski definition) is 9. The van der Waals surface area contributed by atoms with E-state index in [0.717, 1.165) is 6.42 Å². The maximum Gasteiger partial charge on any atom is 0.338 e. The molecule has 1 atom stereocenters. The first-order valence-electron chi connectivity index (χ1n) is 13.2. The van der Waals surface area contributed by atoms with Crippen molar-refractivity contribution in [2.75, 3.05) is 13.7 Å². The lowest BCUT2D eigenvalue weighted by Gasteiger charge is -2.26. The molecule has 216 valence electrons. The van der Waals surface area contributed by atoms with Crippen molar-refractivity contribution in [1.82, 2.24) is 4.57 Å². The van der Waals surface area contributed by atoms with Gasteiger partial charge in [0.15, 0.2) is 4.80 Å². The van der Waals surface area contributed by atoms with Crippen molar-refractivity contribution in [2.24, 2.45) is 4.99 Å². The molecule has 2 aromatic heterocycles. The third-order valence-corrected chi connectivity index (χ3v) is 8.25. The van der Waals surface area contributed by atoms with Crippen LogP contribution in [-0.4, -0.2) is 29.2 Å². The summed E-state index contributed by atoms with van der Waals surface area (Å²) in [6, 6.07) is 14.2. The molecule has 1 aliphatic heterocycles. The first kappa shape index (κ1) is 29.2. The van der Waals surface area contributed by atoms with Gasteiger partial charge >= 0.3 is 5.97 Å². The Morgan fingerprint density at radius 1 is 1.21 bits per heavy atom. The average molecular weight is 653 g/mol. The van der Waals surface area contributed by atoms with Gasteiger partial charge in [0.1, 0.15) is 17.3 Å². The molecule has 0 N–H and O–H groups in total. The van der Waals surface area contributed by atoms with Crippen molar-refractivity contribution in [1.29, 1.82) is 0 Å². The topological polar surface area (TPSA) is 126 Å². The molecule has 2 aromatic carbocycles. The molecule has 0 radical (unpaired) electrons. The summed E-state index contributed by atoms with van der Waals surface area (Å²) in [6.45, 7) is 3.89. The number of carbonyl (C=O) groups is 1. The van der Waals surface area contributed by atoms with E-state index in [9.17, 15) is 19.7 Å². The van der Waals surface area contributed by atoms with E-state index in [0.29, 0.717) is 59.9 Å². The van der Waals surface area contributed by atoms with Gasteiger partial charge in [0, 0.05) is 12.1 Å². The fourth-order valence-electron chi connectivity index (χ4n) is 4.83. The summed E-state index contributed by atoms with van der Waals surface area (Å²) >= 11 is 4.70. The number of allylic oxidation sites excluding steroid dienone is 1. The van der Waals surface area contributed by atoms with Gasteiger partial charge in [-0.05, 0) is 65.2 Å². The van der Waals surface area contributed by atoms with Crippen LogP contribution < -0.4 is 19.6 Å². The summed E-state index contributed by atoms with van der Waals surface area (Å²) in [5.41, 5.74) is 1.44. The smallest absolute Gasteiger partial charge is 0.338 e. The summed E-state index contributed by atoms with van der Waals surface area (Å²) in [4.78, 5) is 43.5. The molecule has 1 aliphatic rings. The van der Waals surface area contributed by atoms with E-state index in [2.05, 4.69) is 15.9 Å². The van der Waals surface area contributed by atoms with E-state index in [1.54, 1.807) is 56.5 Å².